The Morgan fingerprint density at radius 1 is 1.29 bits per heavy atom. The number of aliphatic hydroxyl groups excluding tert-OH is 2. The van der Waals surface area contributed by atoms with Crippen molar-refractivity contribution >= 4 is 17.3 Å². The Morgan fingerprint density at radius 2 is 1.93 bits per heavy atom. The van der Waals surface area contributed by atoms with E-state index in [0.29, 0.717) is 12.4 Å². The van der Waals surface area contributed by atoms with Gasteiger partial charge < -0.3 is 15.5 Å². The lowest BCUT2D eigenvalue weighted by Crippen LogP contribution is -2.22. The van der Waals surface area contributed by atoms with E-state index in [4.69, 9.17) is 21.8 Å². The van der Waals surface area contributed by atoms with Crippen molar-refractivity contribution in [2.24, 2.45) is 0 Å². The van der Waals surface area contributed by atoms with Gasteiger partial charge in [0, 0.05) is 18.1 Å². The van der Waals surface area contributed by atoms with Crippen molar-refractivity contribution in [1.82, 2.24) is 0 Å². The Hall–Kier alpha value is -0.770. The maximum atomic E-state index is 9.09. The predicted molar refractivity (Wildman–Crippen MR) is 57.6 cm³/mol. The standard InChI is InChI=1S/C10H14ClNO2/c11-5-8-1-3-9(4-2-8)12-6-10(14)7-13/h1-4,10,12-14H,5-7H2. The summed E-state index contributed by atoms with van der Waals surface area (Å²) in [7, 11) is 0. The third kappa shape index (κ3) is 3.54. The third-order valence-corrected chi connectivity index (χ3v) is 2.17. The van der Waals surface area contributed by atoms with E-state index in [2.05, 4.69) is 5.32 Å². The molecule has 78 valence electrons. The number of benzene rings is 1. The van der Waals surface area contributed by atoms with Gasteiger partial charge in [-0.15, -0.1) is 11.6 Å². The first kappa shape index (κ1) is 11.3. The summed E-state index contributed by atoms with van der Waals surface area (Å²) < 4.78 is 0. The van der Waals surface area contributed by atoms with E-state index in [-0.39, 0.29) is 6.61 Å². The van der Waals surface area contributed by atoms with E-state index >= 15 is 0 Å². The molecule has 1 aromatic rings. The molecule has 0 spiro atoms. The summed E-state index contributed by atoms with van der Waals surface area (Å²) in [5.74, 6) is 0.500. The van der Waals surface area contributed by atoms with Crippen molar-refractivity contribution < 1.29 is 10.2 Å². The Bertz CT molecular complexity index is 263. The summed E-state index contributed by atoms with van der Waals surface area (Å²) in [6.45, 7) is 0.115. The van der Waals surface area contributed by atoms with Crippen LogP contribution in [0, 0.1) is 0 Å². The van der Waals surface area contributed by atoms with E-state index in [0.717, 1.165) is 11.3 Å². The van der Waals surface area contributed by atoms with E-state index in [9.17, 15) is 0 Å². The number of halogens is 1. The van der Waals surface area contributed by atoms with Gasteiger partial charge in [-0.2, -0.15) is 0 Å². The molecule has 3 N–H and O–H groups in total. The van der Waals surface area contributed by atoms with Crippen molar-refractivity contribution in [2.75, 3.05) is 18.5 Å². The molecule has 0 heterocycles. The minimum Gasteiger partial charge on any atom is -0.394 e. The molecule has 0 fully saturated rings. The van der Waals surface area contributed by atoms with E-state index in [1.54, 1.807) is 0 Å². The molecule has 0 amide bonds. The lowest BCUT2D eigenvalue weighted by Gasteiger charge is -2.10. The lowest BCUT2D eigenvalue weighted by molar-refractivity contribution is 0.105. The average molecular weight is 216 g/mol. The van der Waals surface area contributed by atoms with Gasteiger partial charge in [0.05, 0.1) is 12.7 Å². The summed E-state index contributed by atoms with van der Waals surface area (Å²) in [4.78, 5) is 0. The number of nitrogens with one attached hydrogen (secondary N) is 1. The summed E-state index contributed by atoms with van der Waals surface area (Å²) in [5.41, 5.74) is 1.96. The second-order valence-electron chi connectivity index (χ2n) is 3.05. The highest BCUT2D eigenvalue weighted by molar-refractivity contribution is 6.17. The van der Waals surface area contributed by atoms with Gasteiger partial charge in [0.25, 0.3) is 0 Å². The van der Waals surface area contributed by atoms with Crippen molar-refractivity contribution in [3.8, 4) is 0 Å². The lowest BCUT2D eigenvalue weighted by atomic mass is 10.2. The predicted octanol–water partition coefficient (Wildman–Crippen LogP) is 1.19. The van der Waals surface area contributed by atoms with Crippen molar-refractivity contribution in [1.29, 1.82) is 0 Å². The topological polar surface area (TPSA) is 52.5 Å². The van der Waals surface area contributed by atoms with Crippen LogP contribution in [0.4, 0.5) is 5.69 Å². The van der Waals surface area contributed by atoms with E-state index in [1.807, 2.05) is 24.3 Å². The second kappa shape index (κ2) is 5.86. The fourth-order valence-electron chi connectivity index (χ4n) is 1.01. The van der Waals surface area contributed by atoms with Crippen LogP contribution in [0.15, 0.2) is 24.3 Å². The molecule has 0 aliphatic carbocycles. The molecule has 0 radical (unpaired) electrons. The van der Waals surface area contributed by atoms with Crippen LogP contribution in [0.2, 0.25) is 0 Å². The molecular formula is C10H14ClNO2. The largest absolute Gasteiger partial charge is 0.394 e. The maximum Gasteiger partial charge on any atom is 0.0942 e. The average Bonchev–Trinajstić information content (AvgIpc) is 2.26. The van der Waals surface area contributed by atoms with Crippen LogP contribution in [-0.2, 0) is 5.88 Å². The number of alkyl halides is 1. The van der Waals surface area contributed by atoms with Crippen molar-refractivity contribution in [3.05, 3.63) is 29.8 Å². The number of anilines is 1. The molecule has 0 saturated heterocycles. The van der Waals surface area contributed by atoms with Gasteiger partial charge in [0.1, 0.15) is 0 Å². The Kier molecular flexibility index (Phi) is 4.73. The van der Waals surface area contributed by atoms with E-state index < -0.39 is 6.10 Å². The zero-order valence-electron chi connectivity index (χ0n) is 7.78. The maximum absolute atomic E-state index is 9.09. The van der Waals surface area contributed by atoms with Gasteiger partial charge in [0.15, 0.2) is 0 Å². The molecule has 1 atom stereocenters. The van der Waals surface area contributed by atoms with Crippen LogP contribution in [0.5, 0.6) is 0 Å². The molecule has 1 rings (SSSR count). The first-order valence-electron chi connectivity index (χ1n) is 4.44. The zero-order chi connectivity index (χ0) is 10.4. The number of rotatable bonds is 5. The molecule has 0 aliphatic rings. The summed E-state index contributed by atoms with van der Waals surface area (Å²) >= 11 is 5.64. The zero-order valence-corrected chi connectivity index (χ0v) is 8.54. The van der Waals surface area contributed by atoms with Gasteiger partial charge in [-0.05, 0) is 17.7 Å². The Labute approximate surface area is 88.3 Å². The third-order valence-electron chi connectivity index (χ3n) is 1.86. The quantitative estimate of drug-likeness (QED) is 0.647. The van der Waals surface area contributed by atoms with Gasteiger partial charge in [-0.25, -0.2) is 0 Å². The highest BCUT2D eigenvalue weighted by Crippen LogP contribution is 2.10. The monoisotopic (exact) mass is 215 g/mol. The van der Waals surface area contributed by atoms with Crippen LogP contribution in [0.3, 0.4) is 0 Å². The van der Waals surface area contributed by atoms with Gasteiger partial charge in [0.2, 0.25) is 0 Å². The number of hydrogen-bond donors (Lipinski definition) is 3. The second-order valence-corrected chi connectivity index (χ2v) is 3.32. The molecule has 3 nitrogen and oxygen atoms in total. The normalized spacial score (nSPS) is 12.5. The smallest absolute Gasteiger partial charge is 0.0942 e. The molecule has 0 aromatic heterocycles. The molecule has 0 aliphatic heterocycles. The Balaban J connectivity index is 2.43. The van der Waals surface area contributed by atoms with Gasteiger partial charge in [-0.1, -0.05) is 12.1 Å². The number of hydrogen-bond acceptors (Lipinski definition) is 3. The minimum atomic E-state index is -0.720. The van der Waals surface area contributed by atoms with Crippen LogP contribution in [0.25, 0.3) is 0 Å². The minimum absolute atomic E-state index is 0.229. The Morgan fingerprint density at radius 3 is 2.43 bits per heavy atom. The summed E-state index contributed by atoms with van der Waals surface area (Å²) in [6.07, 6.45) is -0.720. The first-order chi connectivity index (χ1) is 6.76. The number of aliphatic hydroxyl groups is 2. The van der Waals surface area contributed by atoms with Gasteiger partial charge >= 0.3 is 0 Å². The van der Waals surface area contributed by atoms with Crippen LogP contribution < -0.4 is 5.32 Å². The van der Waals surface area contributed by atoms with Crippen LogP contribution >= 0.6 is 11.6 Å². The van der Waals surface area contributed by atoms with Crippen molar-refractivity contribution in [3.63, 3.8) is 0 Å². The SMILES string of the molecule is OCC(O)CNc1ccc(CCl)cc1. The molecular weight excluding hydrogens is 202 g/mol. The van der Waals surface area contributed by atoms with Crippen LogP contribution in [-0.4, -0.2) is 29.5 Å². The van der Waals surface area contributed by atoms with Gasteiger partial charge in [-0.3, -0.25) is 0 Å². The summed E-state index contributed by atoms with van der Waals surface area (Å²) in [5, 5.41) is 20.7. The molecule has 0 saturated carbocycles. The molecule has 0 bridgehead atoms. The highest BCUT2D eigenvalue weighted by Gasteiger charge is 2.00. The molecule has 1 aromatic carbocycles. The molecule has 1 unspecified atom stereocenters. The highest BCUT2D eigenvalue weighted by atomic mass is 35.5. The molecule has 4 heteroatoms. The van der Waals surface area contributed by atoms with Crippen LogP contribution in [0.1, 0.15) is 5.56 Å². The fraction of sp³-hybridized carbons (Fsp3) is 0.400. The summed E-state index contributed by atoms with van der Waals surface area (Å²) in [6, 6.07) is 7.62. The van der Waals surface area contributed by atoms with Crippen molar-refractivity contribution in [2.45, 2.75) is 12.0 Å². The van der Waals surface area contributed by atoms with E-state index in [1.165, 1.54) is 0 Å². The first-order valence-corrected chi connectivity index (χ1v) is 4.97. The molecule has 14 heavy (non-hydrogen) atoms. The fourth-order valence-corrected chi connectivity index (χ4v) is 1.19.